The van der Waals surface area contributed by atoms with Gasteiger partial charge in [0.05, 0.1) is 0 Å². The van der Waals surface area contributed by atoms with Crippen molar-refractivity contribution in [3.63, 3.8) is 0 Å². The lowest BCUT2D eigenvalue weighted by atomic mass is 9.92. The third-order valence-electron chi connectivity index (χ3n) is 3.59. The van der Waals surface area contributed by atoms with Crippen LogP contribution in [0.25, 0.3) is 0 Å². The molecule has 1 heterocycles. The molecule has 0 atom stereocenters. The van der Waals surface area contributed by atoms with E-state index in [1.54, 1.807) is 0 Å². The lowest BCUT2D eigenvalue weighted by Gasteiger charge is -2.27. The molecule has 0 unspecified atom stereocenters. The number of amides is 1. The first kappa shape index (κ1) is 14.5. The first-order valence-corrected chi connectivity index (χ1v) is 7.05. The Kier molecular flexibility index (Phi) is 5.96. The van der Waals surface area contributed by atoms with Crippen LogP contribution in [0.15, 0.2) is 0 Å². The smallest absolute Gasteiger partial charge is 0.220 e. The van der Waals surface area contributed by atoms with Crippen LogP contribution in [0.5, 0.6) is 0 Å². The van der Waals surface area contributed by atoms with Gasteiger partial charge in [-0.15, -0.1) is 0 Å². The van der Waals surface area contributed by atoms with Gasteiger partial charge in [0.1, 0.15) is 0 Å². The maximum atomic E-state index is 11.8. The van der Waals surface area contributed by atoms with Gasteiger partial charge in [-0.25, -0.2) is 0 Å². The Bertz CT molecular complexity index is 232. The van der Waals surface area contributed by atoms with E-state index in [-0.39, 0.29) is 11.4 Å². The van der Waals surface area contributed by atoms with E-state index in [0.29, 0.717) is 6.42 Å². The van der Waals surface area contributed by atoms with Crippen molar-refractivity contribution in [3.05, 3.63) is 0 Å². The minimum absolute atomic E-state index is 0.0417. The predicted molar refractivity (Wildman–Crippen MR) is 72.0 cm³/mol. The van der Waals surface area contributed by atoms with E-state index in [2.05, 4.69) is 31.4 Å². The summed E-state index contributed by atoms with van der Waals surface area (Å²) in [6, 6.07) is 0. The average molecular weight is 240 g/mol. The van der Waals surface area contributed by atoms with Crippen molar-refractivity contribution in [2.24, 2.45) is 5.92 Å². The van der Waals surface area contributed by atoms with Crippen LogP contribution >= 0.6 is 0 Å². The molecule has 100 valence electrons. The molecule has 0 bridgehead atoms. The van der Waals surface area contributed by atoms with Crippen molar-refractivity contribution in [3.8, 4) is 0 Å². The van der Waals surface area contributed by atoms with Crippen LogP contribution in [0.2, 0.25) is 0 Å². The molecule has 0 aromatic carbocycles. The third kappa shape index (κ3) is 6.06. The molecule has 0 aromatic heterocycles. The van der Waals surface area contributed by atoms with Crippen molar-refractivity contribution < 1.29 is 4.79 Å². The van der Waals surface area contributed by atoms with E-state index in [1.807, 2.05) is 0 Å². The average Bonchev–Trinajstić information content (AvgIpc) is 2.27. The number of piperidine rings is 1. The fourth-order valence-electron chi connectivity index (χ4n) is 2.63. The van der Waals surface area contributed by atoms with Gasteiger partial charge in [0.25, 0.3) is 0 Å². The molecule has 3 nitrogen and oxygen atoms in total. The van der Waals surface area contributed by atoms with E-state index in [4.69, 9.17) is 0 Å². The monoisotopic (exact) mass is 240 g/mol. The van der Waals surface area contributed by atoms with Crippen molar-refractivity contribution in [1.29, 1.82) is 0 Å². The van der Waals surface area contributed by atoms with Gasteiger partial charge >= 0.3 is 0 Å². The lowest BCUT2D eigenvalue weighted by Crippen LogP contribution is -2.43. The molecule has 1 aliphatic rings. The van der Waals surface area contributed by atoms with Crippen LogP contribution in [-0.2, 0) is 4.79 Å². The van der Waals surface area contributed by atoms with Crippen molar-refractivity contribution in [1.82, 2.24) is 10.6 Å². The predicted octanol–water partition coefficient (Wildman–Crippen LogP) is 2.46. The van der Waals surface area contributed by atoms with E-state index in [9.17, 15) is 4.79 Å². The SMILES string of the molecule is CCCC(C)(C)NC(=O)CCC1CCNCC1. The maximum Gasteiger partial charge on any atom is 0.220 e. The van der Waals surface area contributed by atoms with Crippen LogP contribution in [0.4, 0.5) is 0 Å². The van der Waals surface area contributed by atoms with Crippen molar-refractivity contribution in [2.75, 3.05) is 13.1 Å². The third-order valence-corrected chi connectivity index (χ3v) is 3.59. The van der Waals surface area contributed by atoms with E-state index in [1.165, 1.54) is 12.8 Å². The molecule has 0 aliphatic carbocycles. The highest BCUT2D eigenvalue weighted by Gasteiger charge is 2.20. The molecule has 2 N–H and O–H groups in total. The summed E-state index contributed by atoms with van der Waals surface area (Å²) < 4.78 is 0. The number of rotatable bonds is 6. The molecule has 1 fully saturated rings. The Morgan fingerprint density at radius 1 is 1.35 bits per heavy atom. The minimum atomic E-state index is -0.0417. The summed E-state index contributed by atoms with van der Waals surface area (Å²) in [6.07, 6.45) is 6.36. The number of nitrogens with one attached hydrogen (secondary N) is 2. The normalized spacial score (nSPS) is 18.1. The summed E-state index contributed by atoms with van der Waals surface area (Å²) in [6.45, 7) is 8.61. The number of hydrogen-bond acceptors (Lipinski definition) is 2. The van der Waals surface area contributed by atoms with Gasteiger partial charge < -0.3 is 10.6 Å². The molecule has 1 saturated heterocycles. The van der Waals surface area contributed by atoms with Crippen LogP contribution in [0.3, 0.4) is 0 Å². The fourth-order valence-corrected chi connectivity index (χ4v) is 2.63. The van der Waals surface area contributed by atoms with Crippen molar-refractivity contribution >= 4 is 5.91 Å². The van der Waals surface area contributed by atoms with E-state index < -0.39 is 0 Å². The van der Waals surface area contributed by atoms with Gasteiger partial charge in [0.15, 0.2) is 0 Å². The lowest BCUT2D eigenvalue weighted by molar-refractivity contribution is -0.123. The van der Waals surface area contributed by atoms with Crippen LogP contribution < -0.4 is 10.6 Å². The summed E-state index contributed by atoms with van der Waals surface area (Å²) in [5.74, 6) is 0.971. The molecule has 3 heteroatoms. The zero-order valence-electron chi connectivity index (χ0n) is 11.6. The Balaban J connectivity index is 2.20. The molecule has 0 aromatic rings. The fraction of sp³-hybridized carbons (Fsp3) is 0.929. The standard InChI is InChI=1S/C14H28N2O/c1-4-9-14(2,3)16-13(17)6-5-12-7-10-15-11-8-12/h12,15H,4-11H2,1-3H3,(H,16,17). The summed E-state index contributed by atoms with van der Waals surface area (Å²) in [7, 11) is 0. The molecule has 0 spiro atoms. The highest BCUT2D eigenvalue weighted by Crippen LogP contribution is 2.18. The zero-order valence-corrected chi connectivity index (χ0v) is 11.6. The minimum Gasteiger partial charge on any atom is -0.351 e. The summed E-state index contributed by atoms with van der Waals surface area (Å²) >= 11 is 0. The second-order valence-corrected chi connectivity index (χ2v) is 5.91. The molecular weight excluding hydrogens is 212 g/mol. The highest BCUT2D eigenvalue weighted by molar-refractivity contribution is 5.76. The quantitative estimate of drug-likeness (QED) is 0.749. The van der Waals surface area contributed by atoms with Crippen molar-refractivity contribution in [2.45, 2.75) is 64.8 Å². The highest BCUT2D eigenvalue weighted by atomic mass is 16.1. The van der Waals surface area contributed by atoms with E-state index >= 15 is 0 Å². The second kappa shape index (κ2) is 7.00. The Hall–Kier alpha value is -0.570. The number of carbonyl (C=O) groups is 1. The van der Waals surface area contributed by atoms with Crippen LogP contribution in [0, 0.1) is 5.92 Å². The van der Waals surface area contributed by atoms with E-state index in [0.717, 1.165) is 38.3 Å². The second-order valence-electron chi connectivity index (χ2n) is 5.91. The topological polar surface area (TPSA) is 41.1 Å². The van der Waals surface area contributed by atoms with Gasteiger partial charge in [-0.3, -0.25) is 4.79 Å². The van der Waals surface area contributed by atoms with Gasteiger partial charge in [-0.05, 0) is 58.5 Å². The molecule has 1 aliphatic heterocycles. The zero-order chi connectivity index (χ0) is 12.7. The molecule has 17 heavy (non-hydrogen) atoms. The summed E-state index contributed by atoms with van der Waals surface area (Å²) in [4.78, 5) is 11.8. The number of carbonyl (C=O) groups excluding carboxylic acids is 1. The summed E-state index contributed by atoms with van der Waals surface area (Å²) in [5.41, 5.74) is -0.0417. The molecule has 0 radical (unpaired) electrons. The Labute approximate surface area is 106 Å². The Morgan fingerprint density at radius 3 is 2.59 bits per heavy atom. The van der Waals surface area contributed by atoms with Crippen LogP contribution in [0.1, 0.15) is 59.3 Å². The Morgan fingerprint density at radius 2 is 2.00 bits per heavy atom. The largest absolute Gasteiger partial charge is 0.351 e. The van der Waals surface area contributed by atoms with Gasteiger partial charge in [-0.2, -0.15) is 0 Å². The molecule has 1 rings (SSSR count). The summed E-state index contributed by atoms with van der Waals surface area (Å²) in [5, 5.41) is 6.50. The van der Waals surface area contributed by atoms with Crippen LogP contribution in [-0.4, -0.2) is 24.5 Å². The van der Waals surface area contributed by atoms with Gasteiger partial charge in [0.2, 0.25) is 5.91 Å². The first-order chi connectivity index (χ1) is 8.03. The molecule has 0 saturated carbocycles. The maximum absolute atomic E-state index is 11.8. The molecular formula is C14H28N2O. The molecule has 1 amide bonds. The number of hydrogen-bond donors (Lipinski definition) is 2. The first-order valence-electron chi connectivity index (χ1n) is 7.05. The van der Waals surface area contributed by atoms with Gasteiger partial charge in [-0.1, -0.05) is 13.3 Å². The van der Waals surface area contributed by atoms with Gasteiger partial charge in [0, 0.05) is 12.0 Å².